The Morgan fingerprint density at radius 1 is 1.00 bits per heavy atom. The fraction of sp³-hybridized carbons (Fsp3) is 0.345. The van der Waals surface area contributed by atoms with Gasteiger partial charge >= 0.3 is 0 Å². The van der Waals surface area contributed by atoms with Crippen molar-refractivity contribution in [3.63, 3.8) is 0 Å². The second kappa shape index (κ2) is 10.3. The van der Waals surface area contributed by atoms with Gasteiger partial charge in [0, 0.05) is 30.9 Å². The van der Waals surface area contributed by atoms with E-state index in [1.807, 2.05) is 31.2 Å². The number of aromatic nitrogens is 6. The highest BCUT2D eigenvalue weighted by Gasteiger charge is 2.46. The first kappa shape index (κ1) is 26.3. The lowest BCUT2D eigenvalue weighted by Crippen LogP contribution is -2.52. The maximum atomic E-state index is 15.1. The fourth-order valence-electron chi connectivity index (χ4n) is 4.98. The maximum Gasteiger partial charge on any atom is 0.296 e. The number of piperidine rings is 1. The highest BCUT2D eigenvalue weighted by Crippen LogP contribution is 2.43. The van der Waals surface area contributed by atoms with Crippen molar-refractivity contribution in [2.45, 2.75) is 44.3 Å². The number of likely N-dealkylation sites (tertiary alicyclic amines) is 1. The van der Waals surface area contributed by atoms with Crippen LogP contribution in [0.25, 0.3) is 16.6 Å². The molecule has 7 rings (SSSR count). The monoisotopic (exact) mass is 574 g/mol. The average Bonchev–Trinajstić information content (AvgIpc) is 3.65. The molecule has 42 heavy (non-hydrogen) atoms. The third-order valence-electron chi connectivity index (χ3n) is 7.31. The van der Waals surface area contributed by atoms with Crippen molar-refractivity contribution in [3.8, 4) is 23.1 Å². The molecule has 5 aromatic rings. The summed E-state index contributed by atoms with van der Waals surface area (Å²) in [6, 6.07) is 9.21. The summed E-state index contributed by atoms with van der Waals surface area (Å²) in [5, 5.41) is 7.84. The van der Waals surface area contributed by atoms with E-state index in [-0.39, 0.29) is 24.2 Å². The van der Waals surface area contributed by atoms with Crippen molar-refractivity contribution < 1.29 is 23.0 Å². The summed E-state index contributed by atoms with van der Waals surface area (Å²) in [5.74, 6) is -1.08. The number of pyridine rings is 2. The summed E-state index contributed by atoms with van der Waals surface area (Å²) in [7, 11) is 1.68. The molecular weight excluding hydrogens is 546 g/mol. The molecule has 0 radical (unpaired) electrons. The highest BCUT2D eigenvalue weighted by molar-refractivity contribution is 5.96. The van der Waals surface area contributed by atoms with Crippen molar-refractivity contribution in [1.82, 2.24) is 34.4 Å². The standard InChI is InChI=1S/C29H28F2N8O3/c1-17-11-18(3-6-22(17)40-20-7-10-39-24(12-20)34-16-36-39)37-27-25-21(33-15-35-27)13-32-28(41-19-4-5-19)26(25)42-23-8-9-38(2)14-29(23,30)31/h3,6-7,10-13,15-16,19,23H,4-5,8-9,14H2,1-2H3,(H,33,35,37)/t23-/m0/s1. The van der Waals surface area contributed by atoms with Gasteiger partial charge in [0.2, 0.25) is 0 Å². The number of ether oxygens (including phenoxy) is 3. The molecule has 5 heterocycles. The van der Waals surface area contributed by atoms with E-state index in [1.54, 1.807) is 34.9 Å². The van der Waals surface area contributed by atoms with Crippen LogP contribution >= 0.6 is 0 Å². The van der Waals surface area contributed by atoms with Crippen molar-refractivity contribution >= 4 is 28.1 Å². The molecule has 11 nitrogen and oxygen atoms in total. The summed E-state index contributed by atoms with van der Waals surface area (Å²) in [6.45, 7) is 2.02. The summed E-state index contributed by atoms with van der Waals surface area (Å²) in [5.41, 5.74) is 2.70. The van der Waals surface area contributed by atoms with Gasteiger partial charge < -0.3 is 24.4 Å². The number of hydrogen-bond acceptors (Lipinski definition) is 10. The van der Waals surface area contributed by atoms with Crippen LogP contribution in [0.3, 0.4) is 0 Å². The topological polar surface area (TPSA) is 112 Å². The molecule has 13 heteroatoms. The van der Waals surface area contributed by atoms with Crippen LogP contribution < -0.4 is 19.5 Å². The van der Waals surface area contributed by atoms with E-state index in [4.69, 9.17) is 14.2 Å². The largest absolute Gasteiger partial charge is 0.478 e. The Labute approximate surface area is 239 Å². The SMILES string of the molecule is Cc1cc(Nc2ncnc3cnc(OC4CC4)c(O[C@H]4CCN(C)CC4(F)F)c23)ccc1Oc1ccn2ncnc2c1. The zero-order chi connectivity index (χ0) is 28.8. The number of fused-ring (bicyclic) bond motifs is 2. The Bertz CT molecular complexity index is 1780. The zero-order valence-corrected chi connectivity index (χ0v) is 23.0. The lowest BCUT2D eigenvalue weighted by Gasteiger charge is -2.36. The van der Waals surface area contributed by atoms with Crippen LogP contribution in [0.15, 0.2) is 55.4 Å². The van der Waals surface area contributed by atoms with Crippen LogP contribution in [0.5, 0.6) is 23.1 Å². The van der Waals surface area contributed by atoms with Crippen molar-refractivity contribution in [2.24, 2.45) is 0 Å². The number of alkyl halides is 2. The second-order valence-corrected chi connectivity index (χ2v) is 10.7. The van der Waals surface area contributed by atoms with Crippen LogP contribution in [0.2, 0.25) is 0 Å². The Kier molecular flexibility index (Phi) is 6.45. The lowest BCUT2D eigenvalue weighted by atomic mass is 10.0. The normalized spacial score (nSPS) is 18.7. The molecule has 1 N–H and O–H groups in total. The van der Waals surface area contributed by atoms with Gasteiger partial charge in [-0.25, -0.2) is 33.2 Å². The molecule has 0 amide bonds. The number of halogens is 2. The van der Waals surface area contributed by atoms with Gasteiger partial charge in [0.05, 0.1) is 23.6 Å². The van der Waals surface area contributed by atoms with Crippen LogP contribution in [-0.4, -0.2) is 72.7 Å². The number of nitrogens with zero attached hydrogens (tertiary/aromatic N) is 7. The molecule has 2 fully saturated rings. The van der Waals surface area contributed by atoms with Gasteiger partial charge in [-0.15, -0.1) is 0 Å². The van der Waals surface area contributed by atoms with E-state index < -0.39 is 18.6 Å². The molecule has 0 unspecified atom stereocenters. The molecule has 216 valence electrons. The first-order valence-electron chi connectivity index (χ1n) is 13.7. The van der Waals surface area contributed by atoms with E-state index >= 15 is 8.78 Å². The second-order valence-electron chi connectivity index (χ2n) is 10.7. The predicted molar refractivity (Wildman–Crippen MR) is 150 cm³/mol. The van der Waals surface area contributed by atoms with Crippen molar-refractivity contribution in [3.05, 3.63) is 60.9 Å². The molecular formula is C29H28F2N8O3. The Morgan fingerprint density at radius 2 is 1.88 bits per heavy atom. The van der Waals surface area contributed by atoms with E-state index in [9.17, 15) is 0 Å². The summed E-state index contributed by atoms with van der Waals surface area (Å²) >= 11 is 0. The number of rotatable bonds is 8. The van der Waals surface area contributed by atoms with E-state index in [1.165, 1.54) is 12.7 Å². The summed E-state index contributed by atoms with van der Waals surface area (Å²) in [6.07, 6.45) is 6.75. The van der Waals surface area contributed by atoms with Crippen LogP contribution in [0.1, 0.15) is 24.8 Å². The minimum absolute atomic E-state index is 0.0167. The number of hydrogen-bond donors (Lipinski definition) is 1. The molecule has 1 aliphatic heterocycles. The number of nitrogens with one attached hydrogen (secondary N) is 1. The van der Waals surface area contributed by atoms with Crippen LogP contribution in [-0.2, 0) is 0 Å². The third kappa shape index (κ3) is 5.22. The van der Waals surface area contributed by atoms with Gasteiger partial charge in [0.25, 0.3) is 11.8 Å². The number of benzene rings is 1. The molecule has 1 saturated carbocycles. The third-order valence-corrected chi connectivity index (χ3v) is 7.31. The molecule has 2 aliphatic rings. The molecule has 4 aromatic heterocycles. The lowest BCUT2D eigenvalue weighted by molar-refractivity contribution is -0.135. The molecule has 1 aromatic carbocycles. The van der Waals surface area contributed by atoms with E-state index in [0.29, 0.717) is 46.1 Å². The van der Waals surface area contributed by atoms with Crippen molar-refractivity contribution in [1.29, 1.82) is 0 Å². The van der Waals surface area contributed by atoms with E-state index in [2.05, 4.69) is 30.4 Å². The van der Waals surface area contributed by atoms with Gasteiger partial charge in [-0.1, -0.05) is 0 Å². The van der Waals surface area contributed by atoms with E-state index in [0.717, 1.165) is 18.4 Å². The first-order valence-corrected chi connectivity index (χ1v) is 13.7. The van der Waals surface area contributed by atoms with Gasteiger partial charge in [0.15, 0.2) is 17.5 Å². The van der Waals surface area contributed by atoms with Gasteiger partial charge in [-0.3, -0.25) is 0 Å². The predicted octanol–water partition coefficient (Wildman–Crippen LogP) is 5.17. The van der Waals surface area contributed by atoms with Crippen LogP contribution in [0.4, 0.5) is 20.3 Å². The van der Waals surface area contributed by atoms with Gasteiger partial charge in [-0.05, 0) is 56.6 Å². The first-order chi connectivity index (χ1) is 20.3. The maximum absolute atomic E-state index is 15.1. The summed E-state index contributed by atoms with van der Waals surface area (Å²) in [4.78, 5) is 19.0. The molecule has 1 saturated heterocycles. The minimum atomic E-state index is -3.05. The van der Waals surface area contributed by atoms with Crippen molar-refractivity contribution in [2.75, 3.05) is 25.5 Å². The molecule has 0 bridgehead atoms. The zero-order valence-electron chi connectivity index (χ0n) is 23.0. The fourth-order valence-corrected chi connectivity index (χ4v) is 4.98. The Morgan fingerprint density at radius 3 is 2.69 bits per heavy atom. The van der Waals surface area contributed by atoms with Crippen LogP contribution in [0, 0.1) is 6.92 Å². The Hall–Kier alpha value is -4.65. The Balaban J connectivity index is 1.21. The molecule has 1 aliphatic carbocycles. The number of aryl methyl sites for hydroxylation is 1. The molecule has 0 spiro atoms. The van der Waals surface area contributed by atoms with Gasteiger partial charge in [-0.2, -0.15) is 5.10 Å². The smallest absolute Gasteiger partial charge is 0.296 e. The molecule has 1 atom stereocenters. The summed E-state index contributed by atoms with van der Waals surface area (Å²) < 4.78 is 50.0. The quantitative estimate of drug-likeness (QED) is 0.266. The number of anilines is 2. The minimum Gasteiger partial charge on any atom is -0.478 e. The highest BCUT2D eigenvalue weighted by atomic mass is 19.3. The van der Waals surface area contributed by atoms with Gasteiger partial charge in [0.1, 0.15) is 36.1 Å². The average molecular weight is 575 g/mol.